The molecule has 1 aliphatic rings. The number of nitrogens with zero attached hydrogens (tertiary/aromatic N) is 4. The first-order valence-corrected chi connectivity index (χ1v) is 13.9. The summed E-state index contributed by atoms with van der Waals surface area (Å²) in [6.07, 6.45) is 3.30. The van der Waals surface area contributed by atoms with E-state index in [1.807, 2.05) is 29.4 Å². The van der Waals surface area contributed by atoms with Gasteiger partial charge in [0.1, 0.15) is 11.9 Å². The molecule has 8 nitrogen and oxygen atoms in total. The van der Waals surface area contributed by atoms with Crippen LogP contribution in [0, 0.1) is 5.82 Å². The fourth-order valence-electron chi connectivity index (χ4n) is 4.65. The Balaban J connectivity index is 1.26. The summed E-state index contributed by atoms with van der Waals surface area (Å²) < 4.78 is 43.6. The highest BCUT2D eigenvalue weighted by atomic mass is 32.2. The van der Waals surface area contributed by atoms with E-state index in [1.54, 1.807) is 54.2 Å². The molecule has 11 heteroatoms. The summed E-state index contributed by atoms with van der Waals surface area (Å²) in [5, 5.41) is 2.52. The molecule has 2 aromatic heterocycles. The molecule has 0 saturated carbocycles. The van der Waals surface area contributed by atoms with Crippen LogP contribution in [0.15, 0.2) is 71.2 Å². The highest BCUT2D eigenvalue weighted by Gasteiger charge is 2.31. The van der Waals surface area contributed by atoms with Crippen molar-refractivity contribution in [2.45, 2.75) is 30.8 Å². The lowest BCUT2D eigenvalue weighted by molar-refractivity contribution is -0.136. The van der Waals surface area contributed by atoms with Crippen molar-refractivity contribution in [2.24, 2.45) is 0 Å². The van der Waals surface area contributed by atoms with Gasteiger partial charge in [-0.1, -0.05) is 6.07 Å². The van der Waals surface area contributed by atoms with Crippen LogP contribution in [0.25, 0.3) is 10.9 Å². The molecule has 0 radical (unpaired) electrons. The zero-order valence-electron chi connectivity index (χ0n) is 19.8. The number of thiazole rings is 1. The van der Waals surface area contributed by atoms with Crippen LogP contribution >= 0.6 is 11.3 Å². The van der Waals surface area contributed by atoms with Gasteiger partial charge in [-0.15, -0.1) is 11.3 Å². The van der Waals surface area contributed by atoms with E-state index in [2.05, 4.69) is 14.6 Å². The maximum Gasteiger partial charge on any atom is 0.263 e. The van der Waals surface area contributed by atoms with E-state index >= 15 is 0 Å². The number of nitrogens with one attached hydrogen (secondary N) is 1. The van der Waals surface area contributed by atoms with Crippen LogP contribution in [-0.2, 0) is 14.8 Å². The van der Waals surface area contributed by atoms with Crippen molar-refractivity contribution in [3.63, 3.8) is 0 Å². The highest BCUT2D eigenvalue weighted by molar-refractivity contribution is 7.93. The average Bonchev–Trinajstić information content (AvgIpc) is 3.53. The molecule has 1 saturated heterocycles. The number of hydrogen-bond donors (Lipinski definition) is 1. The molecule has 1 N–H and O–H groups in total. The molecule has 188 valence electrons. The van der Waals surface area contributed by atoms with Crippen LogP contribution in [0.3, 0.4) is 0 Å². The van der Waals surface area contributed by atoms with Crippen molar-refractivity contribution < 1.29 is 17.6 Å². The number of fused-ring (bicyclic) bond motifs is 1. The molecular weight excluding hydrogens is 501 g/mol. The second kappa shape index (κ2) is 9.55. The SMILES string of the molecule is C[C@@H]1CN(c2ccc(S(=O)(=O)Nc3nccs3)cc2)CCN1C(=O)[C@H](C)n1ccc2c(F)cccc21. The first-order valence-electron chi connectivity index (χ1n) is 11.6. The molecule has 1 aliphatic heterocycles. The van der Waals surface area contributed by atoms with E-state index in [0.29, 0.717) is 35.7 Å². The number of amides is 1. The normalized spacial score (nSPS) is 17.4. The molecule has 5 rings (SSSR count). The first-order chi connectivity index (χ1) is 17.2. The largest absolute Gasteiger partial charge is 0.368 e. The maximum atomic E-state index is 14.1. The molecule has 1 amide bonds. The van der Waals surface area contributed by atoms with Crippen molar-refractivity contribution >= 4 is 49.0 Å². The van der Waals surface area contributed by atoms with Gasteiger partial charge in [-0.2, -0.15) is 0 Å². The average molecular weight is 528 g/mol. The molecular formula is C25H26FN5O3S2. The first kappa shape index (κ1) is 24.3. The number of carbonyl (C=O) groups is 1. The van der Waals surface area contributed by atoms with Gasteiger partial charge in [0.25, 0.3) is 10.0 Å². The van der Waals surface area contributed by atoms with E-state index < -0.39 is 16.1 Å². The van der Waals surface area contributed by atoms with Gasteiger partial charge in [-0.3, -0.25) is 9.52 Å². The lowest BCUT2D eigenvalue weighted by Gasteiger charge is -2.42. The van der Waals surface area contributed by atoms with Crippen molar-refractivity contribution in [2.75, 3.05) is 29.3 Å². The molecule has 0 aliphatic carbocycles. The minimum Gasteiger partial charge on any atom is -0.368 e. The molecule has 2 aromatic carbocycles. The van der Waals surface area contributed by atoms with Crippen molar-refractivity contribution in [1.29, 1.82) is 0 Å². The van der Waals surface area contributed by atoms with Crippen LogP contribution in [0.2, 0.25) is 0 Å². The van der Waals surface area contributed by atoms with Crippen LogP contribution < -0.4 is 9.62 Å². The Kier molecular flexibility index (Phi) is 6.44. The summed E-state index contributed by atoms with van der Waals surface area (Å²) in [7, 11) is -3.71. The maximum absolute atomic E-state index is 14.1. The Morgan fingerprint density at radius 3 is 2.64 bits per heavy atom. The number of aromatic nitrogens is 2. The van der Waals surface area contributed by atoms with Crippen molar-refractivity contribution in [1.82, 2.24) is 14.5 Å². The molecule has 0 spiro atoms. The van der Waals surface area contributed by atoms with E-state index in [9.17, 15) is 17.6 Å². The van der Waals surface area contributed by atoms with Gasteiger partial charge in [0, 0.05) is 54.5 Å². The van der Waals surface area contributed by atoms with Gasteiger partial charge in [-0.25, -0.2) is 17.8 Å². The van der Waals surface area contributed by atoms with Crippen LogP contribution in [0.5, 0.6) is 0 Å². The Morgan fingerprint density at radius 2 is 1.94 bits per heavy atom. The third kappa shape index (κ3) is 4.56. The minimum absolute atomic E-state index is 0.0152. The summed E-state index contributed by atoms with van der Waals surface area (Å²) >= 11 is 1.22. The second-order valence-electron chi connectivity index (χ2n) is 8.83. The third-order valence-electron chi connectivity index (χ3n) is 6.56. The zero-order chi connectivity index (χ0) is 25.4. The van der Waals surface area contributed by atoms with Crippen molar-refractivity contribution in [3.05, 3.63) is 72.1 Å². The number of anilines is 2. The smallest absolute Gasteiger partial charge is 0.263 e. The van der Waals surface area contributed by atoms with Crippen LogP contribution in [0.4, 0.5) is 15.2 Å². The summed E-state index contributed by atoms with van der Waals surface area (Å²) in [5.41, 5.74) is 1.59. The second-order valence-corrected chi connectivity index (χ2v) is 11.4. The standard InChI is InChI=1S/C25H26FN5O3S2/c1-17-16-29(19-6-8-20(9-7-19)36(33,34)28-25-27-11-15-35-25)13-14-30(17)24(32)18(2)31-12-10-21-22(26)4-3-5-23(21)31/h3-12,15,17-18H,13-14,16H2,1-2H3,(H,27,28)/t17-,18+/m1/s1. The summed E-state index contributed by atoms with van der Waals surface area (Å²) in [5.74, 6) is -0.315. The van der Waals surface area contributed by atoms with Crippen molar-refractivity contribution in [3.8, 4) is 0 Å². The zero-order valence-corrected chi connectivity index (χ0v) is 21.5. The number of benzene rings is 2. The van der Waals surface area contributed by atoms with E-state index in [0.717, 1.165) is 5.69 Å². The van der Waals surface area contributed by atoms with Gasteiger partial charge in [0.2, 0.25) is 5.91 Å². The van der Waals surface area contributed by atoms with Gasteiger partial charge in [0.15, 0.2) is 5.13 Å². The summed E-state index contributed by atoms with van der Waals surface area (Å²) in [6, 6.07) is 12.8. The number of hydrogen-bond acceptors (Lipinski definition) is 6. The fraction of sp³-hybridized carbons (Fsp3) is 0.280. The van der Waals surface area contributed by atoms with Crippen LogP contribution in [-0.4, -0.2) is 54.5 Å². The lowest BCUT2D eigenvalue weighted by Crippen LogP contribution is -2.55. The quantitative estimate of drug-likeness (QED) is 0.403. The van der Waals surface area contributed by atoms with E-state index in [-0.39, 0.29) is 22.7 Å². The number of halogens is 1. The molecule has 0 unspecified atom stereocenters. The lowest BCUT2D eigenvalue weighted by atomic mass is 10.1. The number of sulfonamides is 1. The van der Waals surface area contributed by atoms with Gasteiger partial charge < -0.3 is 14.4 Å². The van der Waals surface area contributed by atoms with E-state index in [1.165, 1.54) is 17.4 Å². The van der Waals surface area contributed by atoms with E-state index in [4.69, 9.17) is 0 Å². The topological polar surface area (TPSA) is 87.5 Å². The molecule has 4 aromatic rings. The molecule has 3 heterocycles. The predicted molar refractivity (Wildman–Crippen MR) is 139 cm³/mol. The van der Waals surface area contributed by atoms with Crippen LogP contribution in [0.1, 0.15) is 19.9 Å². The predicted octanol–water partition coefficient (Wildman–Crippen LogP) is 4.34. The number of rotatable bonds is 6. The Morgan fingerprint density at radius 1 is 1.17 bits per heavy atom. The molecule has 2 atom stereocenters. The van der Waals surface area contributed by atoms with Gasteiger partial charge >= 0.3 is 0 Å². The van der Waals surface area contributed by atoms with Gasteiger partial charge in [-0.05, 0) is 56.3 Å². The molecule has 0 bridgehead atoms. The highest BCUT2D eigenvalue weighted by Crippen LogP contribution is 2.27. The Labute approximate surface area is 213 Å². The number of piperazine rings is 1. The summed E-state index contributed by atoms with van der Waals surface area (Å²) in [4.78, 5) is 21.5. The Hall–Kier alpha value is -3.44. The fourth-order valence-corrected chi connectivity index (χ4v) is 6.44. The minimum atomic E-state index is -3.71. The molecule has 1 fully saturated rings. The monoisotopic (exact) mass is 527 g/mol. The number of carbonyl (C=O) groups excluding carboxylic acids is 1. The Bertz CT molecular complexity index is 1490. The summed E-state index contributed by atoms with van der Waals surface area (Å²) in [6.45, 7) is 5.60. The van der Waals surface area contributed by atoms with Gasteiger partial charge in [0.05, 0.1) is 10.4 Å². The third-order valence-corrected chi connectivity index (χ3v) is 8.73. The molecule has 36 heavy (non-hydrogen) atoms.